The molecular weight excluding hydrogens is 1660 g/mol. The van der Waals surface area contributed by atoms with Gasteiger partial charge in [0.15, 0.2) is 0 Å². The van der Waals surface area contributed by atoms with Crippen LogP contribution in [0.1, 0.15) is 153 Å². The molecule has 0 unspecified atom stereocenters. The Morgan fingerprint density at radius 1 is 0.397 bits per heavy atom. The van der Waals surface area contributed by atoms with Gasteiger partial charge in [0.1, 0.15) is 39.5 Å². The average molecular weight is 1760 g/mol. The topological polar surface area (TPSA) is 396 Å². The van der Waals surface area contributed by atoms with Crippen LogP contribution >= 0.6 is 75.3 Å². The third-order valence-electron chi connectivity index (χ3n) is 17.9. The molecule has 0 aliphatic rings. The highest BCUT2D eigenvalue weighted by Crippen LogP contribution is 2.31. The van der Waals surface area contributed by atoms with E-state index < -0.39 is 11.7 Å². The molecule has 28 nitrogen and oxygen atoms in total. The number of nitrogens with one attached hydrogen (secondary N) is 9. The van der Waals surface area contributed by atoms with Crippen molar-refractivity contribution in [3.05, 3.63) is 261 Å². The van der Waals surface area contributed by atoms with E-state index in [-0.39, 0.29) is 106 Å². The molecule has 0 saturated heterocycles. The number of carbonyl (C=O) groups excluding carboxylic acids is 8. The number of anilines is 1. The minimum atomic E-state index is -0.561. The monoisotopic (exact) mass is 1760 g/mol. The number of aromatic nitrogens is 9. The highest BCUT2D eigenvalue weighted by Gasteiger charge is 2.22. The second-order valence-corrected chi connectivity index (χ2v) is 28.6. The van der Waals surface area contributed by atoms with Gasteiger partial charge in [0.25, 0.3) is 29.5 Å². The van der Waals surface area contributed by atoms with Crippen molar-refractivity contribution in [3.8, 4) is 0 Å². The minimum absolute atomic E-state index is 0. The second kappa shape index (κ2) is 49.6. The molecular formula is C87H102Cl3N19O9S3. The Morgan fingerprint density at radius 2 is 0.702 bits per heavy atom. The van der Waals surface area contributed by atoms with Crippen molar-refractivity contribution >= 4 is 194 Å². The van der Waals surface area contributed by atoms with E-state index >= 15 is 0 Å². The van der Waals surface area contributed by atoms with Crippen molar-refractivity contribution in [2.45, 2.75) is 78.7 Å². The number of pyridine rings is 5. The lowest BCUT2D eigenvalue weighted by Crippen LogP contribution is -2.33. The first-order valence-corrected chi connectivity index (χ1v) is 38.4. The summed E-state index contributed by atoms with van der Waals surface area (Å²) in [5.41, 5.74) is 18.2. The zero-order valence-corrected chi connectivity index (χ0v) is 74.6. The molecule has 3 atom stereocenters. The van der Waals surface area contributed by atoms with Crippen LogP contribution in [0.5, 0.6) is 0 Å². The van der Waals surface area contributed by atoms with E-state index in [1.807, 2.05) is 97.9 Å². The molecule has 638 valence electrons. The number of ether oxygens (including phenoxy) is 1. The molecule has 5 aromatic carbocycles. The molecule has 0 saturated carbocycles. The van der Waals surface area contributed by atoms with E-state index in [0.29, 0.717) is 91.9 Å². The molecule has 0 spiro atoms. The number of rotatable bonds is 20. The number of nitrogens with zero attached hydrogens (tertiary/aromatic N) is 9. The Kier molecular flexibility index (Phi) is 41.5. The lowest BCUT2D eigenvalue weighted by atomic mass is 9.96. The zero-order valence-electron chi connectivity index (χ0n) is 69.3. The van der Waals surface area contributed by atoms with Crippen molar-refractivity contribution in [1.29, 1.82) is 0 Å². The van der Waals surface area contributed by atoms with Crippen molar-refractivity contribution in [3.63, 3.8) is 0 Å². The summed E-state index contributed by atoms with van der Waals surface area (Å²) in [5.74, 6) is 0.313. The molecule has 0 radical (unpaired) electrons. The maximum atomic E-state index is 12.1. The van der Waals surface area contributed by atoms with Gasteiger partial charge in [0.2, 0.25) is 11.8 Å². The Balaban J connectivity index is 0.000000309. The molecule has 0 aliphatic heterocycles. The maximum Gasteiger partial charge on any atom is 0.407 e. The summed E-state index contributed by atoms with van der Waals surface area (Å²) in [7, 11) is 8.03. The van der Waals surface area contributed by atoms with Crippen molar-refractivity contribution in [2.24, 2.45) is 5.73 Å². The number of nitrogens with two attached hydrogens (primary N) is 1. The first kappa shape index (κ1) is 101. The predicted octanol–water partition coefficient (Wildman–Crippen LogP) is 13.7. The van der Waals surface area contributed by atoms with Crippen LogP contribution in [-0.2, 0) is 14.3 Å². The lowest BCUT2D eigenvalue weighted by Gasteiger charge is -2.20. The van der Waals surface area contributed by atoms with Crippen LogP contribution in [0.3, 0.4) is 0 Å². The lowest BCUT2D eigenvalue weighted by molar-refractivity contribution is -0.119. The smallest absolute Gasteiger partial charge is 0.407 e. The van der Waals surface area contributed by atoms with E-state index in [1.54, 1.807) is 123 Å². The third-order valence-corrected chi connectivity index (χ3v) is 18.5. The number of benzene rings is 5. The Bertz CT molecular complexity index is 5640. The van der Waals surface area contributed by atoms with Crippen molar-refractivity contribution in [1.82, 2.24) is 87.4 Å². The van der Waals surface area contributed by atoms with Gasteiger partial charge in [-0.15, -0.1) is 0 Å². The summed E-state index contributed by atoms with van der Waals surface area (Å²) >= 11 is 16.7. The molecule has 8 amide bonds. The van der Waals surface area contributed by atoms with E-state index in [2.05, 4.69) is 120 Å². The summed E-state index contributed by atoms with van der Waals surface area (Å²) in [6.07, 6.45) is 10.4. The van der Waals surface area contributed by atoms with Crippen LogP contribution in [-0.4, -0.2) is 166 Å². The number of hydrogen-bond donors (Lipinski definition) is 10. The molecule has 7 aromatic heterocycles. The Hall–Kier alpha value is -12.0. The summed E-state index contributed by atoms with van der Waals surface area (Å²) in [6, 6.07) is 40.4. The highest BCUT2D eigenvalue weighted by atomic mass is 35.5. The molecule has 121 heavy (non-hydrogen) atoms. The van der Waals surface area contributed by atoms with Crippen molar-refractivity contribution in [2.75, 3.05) is 73.3 Å². The predicted molar refractivity (Wildman–Crippen MR) is 498 cm³/mol. The van der Waals surface area contributed by atoms with Gasteiger partial charge >= 0.3 is 6.09 Å². The van der Waals surface area contributed by atoms with Gasteiger partial charge in [-0.2, -0.15) is 40.5 Å². The van der Waals surface area contributed by atoms with Gasteiger partial charge in [-0.05, 0) is 91.4 Å². The number of halogens is 3. The van der Waals surface area contributed by atoms with Gasteiger partial charge in [-0.1, -0.05) is 160 Å². The number of alkyl carbamates (subject to hydrolysis) is 1. The van der Waals surface area contributed by atoms with Gasteiger partial charge in [0.05, 0.1) is 55.4 Å². The molecule has 0 aliphatic carbocycles. The summed E-state index contributed by atoms with van der Waals surface area (Å²) in [6.45, 7) is 24.9. The van der Waals surface area contributed by atoms with Crippen molar-refractivity contribution < 1.29 is 43.1 Å². The number of para-hydroxylation sites is 5. The van der Waals surface area contributed by atoms with Crippen LogP contribution in [0.2, 0.25) is 15.5 Å². The molecule has 12 rings (SSSR count). The minimum Gasteiger partial charge on any atom is -0.444 e. The highest BCUT2D eigenvalue weighted by molar-refractivity contribution is 7.59. The van der Waals surface area contributed by atoms with Crippen LogP contribution in [0, 0.1) is 0 Å². The largest absolute Gasteiger partial charge is 0.444 e. The van der Waals surface area contributed by atoms with E-state index in [0.717, 1.165) is 76.9 Å². The standard InChI is InChI=1S/C19H23N3O3.C18H18ClN5O.C16H19N3O2.C16H17N3O2.C14H17N3O.C4H2Cl2N2.3H2S/c1-12(11-22-18(24)25-19(2,3)4)13-7-6-8-14-15(17(23)20-5)9-10-21-16(13)14;1-11(9-22-16-8-15(19)23-10-24-16)12-4-3-5-13-14(18(25)20-2)6-7-21-17(12)13;2*1-10(9-19-11(2)20)12-5-4-6-13-14(16(21)17-3)7-8-18-15(12)13;1-9(8-15)10-4-3-5-11-12(14(18)16-2)6-7-17-13(10)11;5-3-1-4(6)8-2-7-3;;;/h6-10H,1,11H2,2-5H3,(H,20,23)(H,22,24);3-8,10-11H,9H2,1-2H3,(H,20,25)(H,22,23,24);4-8,10H,9H2,1-3H3,(H,17,21)(H,19,20);4-8H,1,9H2,2-3H3,(H,17,21)(H,19,20);3-7,9H,8,15H2,1-2H3,(H,16,18);1-2H;3*1H2/t;11-;10-;;9-;;;;/m.11.1..../s1. The first-order chi connectivity index (χ1) is 56.4. The molecule has 7 heterocycles. The summed E-state index contributed by atoms with van der Waals surface area (Å²) < 4.78 is 5.22. The molecule has 12 aromatic rings. The quantitative estimate of drug-likeness (QED) is 0.0317. The fourth-order valence-electron chi connectivity index (χ4n) is 11.9. The fraction of sp³-hybridized carbons (Fsp3) is 0.253. The van der Waals surface area contributed by atoms with Gasteiger partial charge in [-0.25, -0.2) is 24.7 Å². The van der Waals surface area contributed by atoms with Gasteiger partial charge < -0.3 is 58.3 Å². The summed E-state index contributed by atoms with van der Waals surface area (Å²) in [5, 5.41) is 29.8. The van der Waals surface area contributed by atoms with E-state index in [9.17, 15) is 38.4 Å². The third kappa shape index (κ3) is 28.9. The Labute approximate surface area is 738 Å². The second-order valence-electron chi connectivity index (χ2n) is 27.4. The van der Waals surface area contributed by atoms with Crippen LogP contribution in [0.25, 0.3) is 65.7 Å². The molecule has 0 fully saturated rings. The van der Waals surface area contributed by atoms with Crippen LogP contribution in [0.15, 0.2) is 190 Å². The SMILES string of the molecule is C=C(CNC(=O)OC(C)(C)C)c1cccc2c(C(=O)NC)ccnc12.C=C(CNC(C)=O)c1cccc2c(C(=O)NC)ccnc12.CNC(=O)c1ccnc2c([C@H](C)CN)cccc12.CNC(=O)c1ccnc2c([C@H](C)CNC(C)=O)cccc12.CNC(=O)c1ccnc2c([C@H](C)CNc3cc(Cl)ncn3)cccc12.Clc1cc(Cl)ncn1.S.S.S. The fourth-order valence-corrected chi connectivity index (χ4v) is 12.4. The first-order valence-electron chi connectivity index (χ1n) is 37.2. The number of amides is 8. The van der Waals surface area contributed by atoms with Gasteiger partial charge in [-0.3, -0.25) is 58.5 Å². The number of hydrogen-bond acceptors (Lipinski definition) is 20. The zero-order chi connectivity index (χ0) is 86.3. The van der Waals surface area contributed by atoms with E-state index in [4.69, 9.17) is 45.3 Å². The number of carbonyl (C=O) groups is 8. The molecule has 11 N–H and O–H groups in total. The normalized spacial score (nSPS) is 11.0. The molecule has 34 heteroatoms. The van der Waals surface area contributed by atoms with Crippen LogP contribution in [0.4, 0.5) is 10.6 Å². The maximum absolute atomic E-state index is 12.1. The number of fused-ring (bicyclic) bond motifs is 5. The molecule has 0 bridgehead atoms. The van der Waals surface area contributed by atoms with Gasteiger partial charge in [0, 0.05) is 168 Å². The van der Waals surface area contributed by atoms with E-state index in [1.165, 1.54) is 32.6 Å². The summed E-state index contributed by atoms with van der Waals surface area (Å²) in [4.78, 5) is 131. The average Bonchev–Trinajstić information content (AvgIpc) is 0.816. The Morgan fingerprint density at radius 3 is 1.02 bits per heavy atom. The van der Waals surface area contributed by atoms with Crippen LogP contribution < -0.4 is 53.6 Å².